The number of rotatable bonds is 10. The molecule has 0 fully saturated rings. The number of hydrogen-bond donors (Lipinski definition) is 1. The molecule has 7 nitrogen and oxygen atoms in total. The zero-order valence-corrected chi connectivity index (χ0v) is 20.6. The predicted molar refractivity (Wildman–Crippen MR) is 131 cm³/mol. The highest BCUT2D eigenvalue weighted by molar-refractivity contribution is 7.99. The van der Waals surface area contributed by atoms with Crippen LogP contribution in [0.1, 0.15) is 52.5 Å². The number of nitrogens with zero attached hydrogens (tertiary/aromatic N) is 3. The summed E-state index contributed by atoms with van der Waals surface area (Å²) in [6.07, 6.45) is 4.53. The topological polar surface area (TPSA) is 86.1 Å². The van der Waals surface area contributed by atoms with Crippen LogP contribution in [0.5, 0.6) is 0 Å². The van der Waals surface area contributed by atoms with E-state index in [-0.39, 0.29) is 17.6 Å². The number of aryl methyl sites for hydroxylation is 3. The molecule has 1 aliphatic rings. The van der Waals surface area contributed by atoms with Gasteiger partial charge in [0.15, 0.2) is 5.16 Å². The maximum atomic E-state index is 12.7. The third-order valence-electron chi connectivity index (χ3n) is 5.58. The smallest absolute Gasteiger partial charge is 0.341 e. The molecule has 0 bridgehead atoms. The number of benzene rings is 1. The van der Waals surface area contributed by atoms with Gasteiger partial charge in [0.1, 0.15) is 10.8 Å². The fraction of sp³-hybridized carbons (Fsp3) is 0.417. The number of carbonyl (C=O) groups excluding carboxylic acids is 2. The number of carbonyl (C=O) groups is 2. The van der Waals surface area contributed by atoms with E-state index >= 15 is 0 Å². The molecule has 0 saturated carbocycles. The lowest BCUT2D eigenvalue weighted by molar-refractivity contribution is -0.113. The maximum Gasteiger partial charge on any atom is 0.341 e. The van der Waals surface area contributed by atoms with Crippen LogP contribution in [0.15, 0.2) is 35.5 Å². The summed E-state index contributed by atoms with van der Waals surface area (Å²) in [7, 11) is 0. The second-order valence-electron chi connectivity index (χ2n) is 7.75. The zero-order chi connectivity index (χ0) is 23.2. The molecule has 4 rings (SSSR count). The van der Waals surface area contributed by atoms with Gasteiger partial charge in [-0.05, 0) is 50.7 Å². The van der Waals surface area contributed by atoms with E-state index in [2.05, 4.69) is 39.1 Å². The molecule has 0 radical (unpaired) electrons. The molecule has 174 valence electrons. The lowest BCUT2D eigenvalue weighted by Crippen LogP contribution is -2.17. The standard InChI is InChI=1S/C24H28N4O3S2/c1-3-28-19(14-13-16-9-6-5-7-10-16)26-27-24(28)32-15-20(29)25-22-21(23(30)31-4-2)17-11-8-12-18(17)33-22/h5-7,9-10H,3-4,8,11-15H2,1-2H3,(H,25,29). The molecule has 3 aromatic rings. The second-order valence-corrected chi connectivity index (χ2v) is 9.80. The van der Waals surface area contributed by atoms with Crippen molar-refractivity contribution < 1.29 is 14.3 Å². The van der Waals surface area contributed by atoms with Crippen LogP contribution in [0, 0.1) is 0 Å². The molecule has 0 aliphatic heterocycles. The van der Waals surface area contributed by atoms with Crippen molar-refractivity contribution >= 4 is 40.0 Å². The first kappa shape index (κ1) is 23.5. The van der Waals surface area contributed by atoms with Crippen molar-refractivity contribution in [2.45, 2.75) is 57.7 Å². The molecule has 1 aromatic carbocycles. The van der Waals surface area contributed by atoms with Gasteiger partial charge in [-0.3, -0.25) is 4.79 Å². The molecule has 1 amide bonds. The number of thiophene rings is 1. The van der Waals surface area contributed by atoms with E-state index in [0.717, 1.165) is 55.2 Å². The minimum atomic E-state index is -0.353. The lowest BCUT2D eigenvalue weighted by atomic mass is 10.1. The monoisotopic (exact) mass is 484 g/mol. The normalized spacial score (nSPS) is 12.5. The number of anilines is 1. The Balaban J connectivity index is 1.39. The Bertz CT molecular complexity index is 1120. The van der Waals surface area contributed by atoms with Gasteiger partial charge in [0.2, 0.25) is 5.91 Å². The van der Waals surface area contributed by atoms with Gasteiger partial charge >= 0.3 is 5.97 Å². The molecular formula is C24H28N4O3S2. The number of ether oxygens (including phenoxy) is 1. The first-order valence-corrected chi connectivity index (χ1v) is 13.1. The summed E-state index contributed by atoms with van der Waals surface area (Å²) in [6.45, 7) is 4.90. The van der Waals surface area contributed by atoms with Crippen molar-refractivity contribution in [2.75, 3.05) is 17.7 Å². The summed E-state index contributed by atoms with van der Waals surface area (Å²) in [5, 5.41) is 12.9. The van der Waals surface area contributed by atoms with E-state index in [1.807, 2.05) is 18.2 Å². The highest BCUT2D eigenvalue weighted by atomic mass is 32.2. The summed E-state index contributed by atoms with van der Waals surface area (Å²) in [4.78, 5) is 26.4. The first-order chi connectivity index (χ1) is 16.1. The van der Waals surface area contributed by atoms with Crippen molar-refractivity contribution in [3.8, 4) is 0 Å². The Labute approximate surface area is 201 Å². The van der Waals surface area contributed by atoms with E-state index < -0.39 is 0 Å². The van der Waals surface area contributed by atoms with Gasteiger partial charge < -0.3 is 14.6 Å². The zero-order valence-electron chi connectivity index (χ0n) is 18.9. The molecule has 2 aromatic heterocycles. The Morgan fingerprint density at radius 3 is 2.73 bits per heavy atom. The number of aromatic nitrogens is 3. The number of thioether (sulfide) groups is 1. The molecule has 0 unspecified atom stereocenters. The number of amides is 1. The quantitative estimate of drug-likeness (QED) is 0.336. The molecular weight excluding hydrogens is 456 g/mol. The molecule has 9 heteroatoms. The van der Waals surface area contributed by atoms with E-state index in [9.17, 15) is 9.59 Å². The summed E-state index contributed by atoms with van der Waals surface area (Å²) in [6, 6.07) is 10.3. The second kappa shape index (κ2) is 11.0. The molecule has 0 saturated heterocycles. The number of esters is 1. The van der Waals surface area contributed by atoms with Crippen LogP contribution < -0.4 is 5.32 Å². The van der Waals surface area contributed by atoms with Gasteiger partial charge in [0.05, 0.1) is 17.9 Å². The molecule has 0 spiro atoms. The highest BCUT2D eigenvalue weighted by Crippen LogP contribution is 2.39. The van der Waals surface area contributed by atoms with Crippen molar-refractivity contribution in [3.63, 3.8) is 0 Å². The summed E-state index contributed by atoms with van der Waals surface area (Å²) in [5.41, 5.74) is 2.83. The molecule has 0 atom stereocenters. The Morgan fingerprint density at radius 1 is 1.15 bits per heavy atom. The van der Waals surface area contributed by atoms with Crippen molar-refractivity contribution in [3.05, 3.63) is 57.7 Å². The van der Waals surface area contributed by atoms with Gasteiger partial charge in [0.25, 0.3) is 0 Å². The van der Waals surface area contributed by atoms with Crippen LogP contribution in [0.4, 0.5) is 5.00 Å². The van der Waals surface area contributed by atoms with E-state index in [4.69, 9.17) is 4.74 Å². The SMILES string of the molecule is CCOC(=O)c1c(NC(=O)CSc2nnc(CCc3ccccc3)n2CC)sc2c1CCC2. The van der Waals surface area contributed by atoms with Crippen molar-refractivity contribution in [1.82, 2.24) is 14.8 Å². The Kier molecular flexibility index (Phi) is 7.82. The number of nitrogens with one attached hydrogen (secondary N) is 1. The van der Waals surface area contributed by atoms with E-state index in [1.165, 1.54) is 33.5 Å². The fourth-order valence-corrected chi connectivity index (χ4v) is 6.15. The van der Waals surface area contributed by atoms with E-state index in [1.54, 1.807) is 6.92 Å². The third-order valence-corrected chi connectivity index (χ3v) is 7.75. The largest absolute Gasteiger partial charge is 0.462 e. The minimum Gasteiger partial charge on any atom is -0.462 e. The van der Waals surface area contributed by atoms with Crippen molar-refractivity contribution in [2.24, 2.45) is 0 Å². The molecule has 1 aliphatic carbocycles. The van der Waals surface area contributed by atoms with Gasteiger partial charge in [-0.1, -0.05) is 42.1 Å². The van der Waals surface area contributed by atoms with E-state index in [0.29, 0.717) is 17.2 Å². The van der Waals surface area contributed by atoms with Crippen LogP contribution >= 0.6 is 23.1 Å². The van der Waals surface area contributed by atoms with Crippen LogP contribution in [0.3, 0.4) is 0 Å². The van der Waals surface area contributed by atoms with Gasteiger partial charge in [0, 0.05) is 17.8 Å². The average Bonchev–Trinajstić information content (AvgIpc) is 3.51. The first-order valence-electron chi connectivity index (χ1n) is 11.3. The van der Waals surface area contributed by atoms with Crippen LogP contribution in [0.2, 0.25) is 0 Å². The van der Waals surface area contributed by atoms with Gasteiger partial charge in [-0.25, -0.2) is 4.79 Å². The summed E-state index contributed by atoms with van der Waals surface area (Å²) in [5.74, 6) is 0.598. The van der Waals surface area contributed by atoms with Crippen molar-refractivity contribution in [1.29, 1.82) is 0 Å². The number of fused-ring (bicyclic) bond motifs is 1. The Morgan fingerprint density at radius 2 is 1.97 bits per heavy atom. The maximum absolute atomic E-state index is 12.7. The average molecular weight is 485 g/mol. The third kappa shape index (κ3) is 5.47. The summed E-state index contributed by atoms with van der Waals surface area (Å²) >= 11 is 2.86. The molecule has 2 heterocycles. The lowest BCUT2D eigenvalue weighted by Gasteiger charge is -2.09. The van der Waals surface area contributed by atoms with Crippen LogP contribution in [0.25, 0.3) is 0 Å². The highest BCUT2D eigenvalue weighted by Gasteiger charge is 2.28. The Hall–Kier alpha value is -2.65. The van der Waals surface area contributed by atoms with Crippen LogP contribution in [-0.2, 0) is 41.8 Å². The minimum absolute atomic E-state index is 0.165. The predicted octanol–water partition coefficient (Wildman–Crippen LogP) is 4.54. The number of hydrogen-bond acceptors (Lipinski definition) is 7. The fourth-order valence-electron chi connectivity index (χ4n) is 4.03. The van der Waals surface area contributed by atoms with Crippen LogP contribution in [-0.4, -0.2) is 39.0 Å². The van der Waals surface area contributed by atoms with Gasteiger partial charge in [-0.15, -0.1) is 21.5 Å². The molecule has 33 heavy (non-hydrogen) atoms. The van der Waals surface area contributed by atoms with Gasteiger partial charge in [-0.2, -0.15) is 0 Å². The summed E-state index contributed by atoms with van der Waals surface area (Å²) < 4.78 is 7.30. The molecule has 1 N–H and O–H groups in total.